The molecule has 1 atom stereocenters. The second-order valence-electron chi connectivity index (χ2n) is 4.48. The number of carboxylic acid groups (broad SMARTS) is 1. The van der Waals surface area contributed by atoms with Crippen molar-refractivity contribution in [1.29, 1.82) is 0 Å². The van der Waals surface area contributed by atoms with E-state index < -0.39 is 17.9 Å². The fourth-order valence-electron chi connectivity index (χ4n) is 1.84. The first-order chi connectivity index (χ1) is 9.02. The summed E-state index contributed by atoms with van der Waals surface area (Å²) in [7, 11) is 0. The average Bonchev–Trinajstić information content (AvgIpc) is 3.20. The molecule has 6 heteroatoms. The van der Waals surface area contributed by atoms with Crippen LogP contribution in [0.1, 0.15) is 23.2 Å². The quantitative estimate of drug-likeness (QED) is 0.813. The molecule has 1 fully saturated rings. The Morgan fingerprint density at radius 3 is 2.68 bits per heavy atom. The van der Waals surface area contributed by atoms with Crippen LogP contribution in [0.3, 0.4) is 0 Å². The highest BCUT2D eigenvalue weighted by molar-refractivity contribution is 7.98. The zero-order valence-electron chi connectivity index (χ0n) is 10.4. The third-order valence-corrected chi connectivity index (χ3v) is 3.81. The molecule has 0 aliphatic heterocycles. The molecular formula is C13H14FNO3S. The molecule has 1 aromatic rings. The SMILES string of the molecule is CSc1cc(C(=O)NC(C(=O)O)C2CC2)ccc1F. The molecule has 19 heavy (non-hydrogen) atoms. The number of halogens is 1. The van der Waals surface area contributed by atoms with Gasteiger partial charge in [0, 0.05) is 10.5 Å². The van der Waals surface area contributed by atoms with Crippen molar-refractivity contribution in [3.63, 3.8) is 0 Å². The van der Waals surface area contributed by atoms with E-state index >= 15 is 0 Å². The number of carbonyl (C=O) groups is 2. The average molecular weight is 283 g/mol. The second kappa shape index (κ2) is 5.61. The number of hydrogen-bond donors (Lipinski definition) is 2. The van der Waals surface area contributed by atoms with E-state index in [2.05, 4.69) is 5.32 Å². The summed E-state index contributed by atoms with van der Waals surface area (Å²) in [4.78, 5) is 23.4. The van der Waals surface area contributed by atoms with Crippen LogP contribution in [-0.4, -0.2) is 29.3 Å². The van der Waals surface area contributed by atoms with Crippen molar-refractivity contribution in [2.75, 3.05) is 6.26 Å². The van der Waals surface area contributed by atoms with Crippen molar-refractivity contribution < 1.29 is 19.1 Å². The lowest BCUT2D eigenvalue weighted by Crippen LogP contribution is -2.42. The van der Waals surface area contributed by atoms with Crippen LogP contribution in [0.15, 0.2) is 23.1 Å². The van der Waals surface area contributed by atoms with Crippen LogP contribution in [-0.2, 0) is 4.79 Å². The first-order valence-electron chi connectivity index (χ1n) is 5.90. The van der Waals surface area contributed by atoms with Crippen LogP contribution in [0.4, 0.5) is 4.39 Å². The summed E-state index contributed by atoms with van der Waals surface area (Å²) in [6, 6.07) is 3.15. The van der Waals surface area contributed by atoms with Gasteiger partial charge in [-0.1, -0.05) is 0 Å². The predicted molar refractivity (Wildman–Crippen MR) is 69.8 cm³/mol. The highest BCUT2D eigenvalue weighted by atomic mass is 32.2. The van der Waals surface area contributed by atoms with E-state index in [4.69, 9.17) is 5.11 Å². The van der Waals surface area contributed by atoms with Gasteiger partial charge in [0.15, 0.2) is 0 Å². The van der Waals surface area contributed by atoms with Gasteiger partial charge in [-0.05, 0) is 43.2 Å². The molecule has 1 aromatic carbocycles. The number of rotatable bonds is 5. The maximum Gasteiger partial charge on any atom is 0.326 e. The molecular weight excluding hydrogens is 269 g/mol. The molecule has 1 aliphatic rings. The Morgan fingerprint density at radius 1 is 1.47 bits per heavy atom. The van der Waals surface area contributed by atoms with Gasteiger partial charge in [0.2, 0.25) is 0 Å². The van der Waals surface area contributed by atoms with Crippen LogP contribution in [0.5, 0.6) is 0 Å². The van der Waals surface area contributed by atoms with Gasteiger partial charge >= 0.3 is 5.97 Å². The Kier molecular flexibility index (Phi) is 4.09. The Balaban J connectivity index is 2.12. The third kappa shape index (κ3) is 3.26. The highest BCUT2D eigenvalue weighted by Crippen LogP contribution is 2.33. The number of carbonyl (C=O) groups excluding carboxylic acids is 1. The molecule has 1 saturated carbocycles. The van der Waals surface area contributed by atoms with Crippen LogP contribution >= 0.6 is 11.8 Å². The molecule has 1 unspecified atom stereocenters. The van der Waals surface area contributed by atoms with Gasteiger partial charge in [0.05, 0.1) is 0 Å². The van der Waals surface area contributed by atoms with E-state index in [0.717, 1.165) is 12.8 Å². The Hall–Kier alpha value is -1.56. The molecule has 0 saturated heterocycles. The maximum absolute atomic E-state index is 13.3. The van der Waals surface area contributed by atoms with Crippen molar-refractivity contribution in [2.24, 2.45) is 5.92 Å². The van der Waals surface area contributed by atoms with Gasteiger partial charge in [0.25, 0.3) is 5.91 Å². The summed E-state index contributed by atoms with van der Waals surface area (Å²) in [6.07, 6.45) is 3.35. The summed E-state index contributed by atoms with van der Waals surface area (Å²) in [5.74, 6) is -1.87. The fourth-order valence-corrected chi connectivity index (χ4v) is 2.34. The summed E-state index contributed by atoms with van der Waals surface area (Å²) in [6.45, 7) is 0. The topological polar surface area (TPSA) is 66.4 Å². The van der Waals surface area contributed by atoms with Crippen LogP contribution in [0.25, 0.3) is 0 Å². The largest absolute Gasteiger partial charge is 0.480 e. The third-order valence-electron chi connectivity index (χ3n) is 3.06. The number of thioether (sulfide) groups is 1. The van der Waals surface area contributed by atoms with E-state index in [1.54, 1.807) is 6.26 Å². The predicted octanol–water partition coefficient (Wildman–Crippen LogP) is 2.14. The first kappa shape index (κ1) is 13.9. The van der Waals surface area contributed by atoms with Crippen molar-refractivity contribution in [3.8, 4) is 0 Å². The smallest absolute Gasteiger partial charge is 0.326 e. The van der Waals surface area contributed by atoms with Crippen LogP contribution in [0.2, 0.25) is 0 Å². The Bertz CT molecular complexity index is 517. The maximum atomic E-state index is 13.3. The standard InChI is InChI=1S/C13H14FNO3S/c1-19-10-6-8(4-5-9(10)14)12(16)15-11(13(17)18)7-2-3-7/h4-7,11H,2-3H2,1H3,(H,15,16)(H,17,18). The van der Waals surface area contributed by atoms with Gasteiger partial charge < -0.3 is 10.4 Å². The zero-order valence-corrected chi connectivity index (χ0v) is 11.2. The normalized spacial score (nSPS) is 15.9. The number of carboxylic acids is 1. The molecule has 1 aliphatic carbocycles. The number of aliphatic carboxylic acids is 1. The van der Waals surface area contributed by atoms with E-state index in [9.17, 15) is 14.0 Å². The molecule has 0 radical (unpaired) electrons. The van der Waals surface area contributed by atoms with Gasteiger partial charge in [-0.25, -0.2) is 9.18 Å². The molecule has 0 heterocycles. The molecule has 102 valence electrons. The van der Waals surface area contributed by atoms with E-state index in [1.165, 1.54) is 30.0 Å². The molecule has 0 aromatic heterocycles. The zero-order chi connectivity index (χ0) is 14.0. The minimum absolute atomic E-state index is 0.0157. The van der Waals surface area contributed by atoms with Crippen molar-refractivity contribution in [1.82, 2.24) is 5.32 Å². The highest BCUT2D eigenvalue weighted by Gasteiger charge is 2.37. The molecule has 4 nitrogen and oxygen atoms in total. The van der Waals surface area contributed by atoms with Crippen LogP contribution < -0.4 is 5.32 Å². The van der Waals surface area contributed by atoms with Crippen molar-refractivity contribution in [3.05, 3.63) is 29.6 Å². The van der Waals surface area contributed by atoms with Gasteiger partial charge in [0.1, 0.15) is 11.9 Å². The van der Waals surface area contributed by atoms with E-state index in [0.29, 0.717) is 4.90 Å². The molecule has 0 spiro atoms. The van der Waals surface area contributed by atoms with E-state index in [-0.39, 0.29) is 17.3 Å². The molecule has 2 rings (SSSR count). The molecule has 2 N–H and O–H groups in total. The Morgan fingerprint density at radius 2 is 2.16 bits per heavy atom. The van der Waals surface area contributed by atoms with Crippen molar-refractivity contribution >= 4 is 23.6 Å². The summed E-state index contributed by atoms with van der Waals surface area (Å²) in [5.41, 5.74) is 0.276. The molecule has 0 bridgehead atoms. The van der Waals surface area contributed by atoms with Gasteiger partial charge in [-0.2, -0.15) is 0 Å². The first-order valence-corrected chi connectivity index (χ1v) is 7.12. The Labute approximate surface area is 114 Å². The lowest BCUT2D eigenvalue weighted by molar-refractivity contribution is -0.139. The summed E-state index contributed by atoms with van der Waals surface area (Å²) >= 11 is 1.20. The lowest BCUT2D eigenvalue weighted by atomic mass is 10.1. The summed E-state index contributed by atoms with van der Waals surface area (Å²) in [5, 5.41) is 11.5. The number of nitrogens with one attached hydrogen (secondary N) is 1. The minimum Gasteiger partial charge on any atom is -0.480 e. The molecule has 1 amide bonds. The van der Waals surface area contributed by atoms with Crippen molar-refractivity contribution in [2.45, 2.75) is 23.8 Å². The lowest BCUT2D eigenvalue weighted by Gasteiger charge is -2.14. The minimum atomic E-state index is -1.02. The van der Waals surface area contributed by atoms with Crippen LogP contribution in [0, 0.1) is 11.7 Å². The van der Waals surface area contributed by atoms with E-state index in [1.807, 2.05) is 0 Å². The fraction of sp³-hybridized carbons (Fsp3) is 0.385. The number of benzene rings is 1. The second-order valence-corrected chi connectivity index (χ2v) is 5.32. The van der Waals surface area contributed by atoms with Gasteiger partial charge in [-0.15, -0.1) is 11.8 Å². The number of hydrogen-bond acceptors (Lipinski definition) is 3. The number of amides is 1. The van der Waals surface area contributed by atoms with Gasteiger partial charge in [-0.3, -0.25) is 4.79 Å². The monoisotopic (exact) mass is 283 g/mol. The summed E-state index contributed by atoms with van der Waals surface area (Å²) < 4.78 is 13.3.